The minimum absolute atomic E-state index is 0.329. The predicted octanol–water partition coefficient (Wildman–Crippen LogP) is 4.26. The van der Waals surface area contributed by atoms with E-state index in [1.54, 1.807) is 0 Å². The Balaban J connectivity index is 2.17. The number of hydrogen-bond acceptors (Lipinski definition) is 3. The van der Waals surface area contributed by atoms with Gasteiger partial charge in [-0.1, -0.05) is 32.1 Å². The largest absolute Gasteiger partial charge is 0.463 e. The zero-order valence-corrected chi connectivity index (χ0v) is 12.5. The molecule has 1 saturated carbocycles. The van der Waals surface area contributed by atoms with Crippen LogP contribution < -0.4 is 0 Å². The van der Waals surface area contributed by atoms with Crippen LogP contribution in [0, 0.1) is 12.8 Å². The number of carbonyl (C=O) groups is 1. The average Bonchev–Trinajstić information content (AvgIpc) is 2.67. The van der Waals surface area contributed by atoms with E-state index in [1.165, 1.54) is 39.2 Å². The van der Waals surface area contributed by atoms with Gasteiger partial charge in [0.05, 0.1) is 7.11 Å². The van der Waals surface area contributed by atoms with Crippen molar-refractivity contribution < 1.29 is 13.9 Å². The molecule has 100 valence electrons. The fourth-order valence-electron chi connectivity index (χ4n) is 2.71. The first-order valence-electron chi connectivity index (χ1n) is 6.49. The molecule has 0 bridgehead atoms. The maximum absolute atomic E-state index is 11.6. The number of ether oxygens (including phenoxy) is 1. The number of methoxy groups -OCH3 is 1. The van der Waals surface area contributed by atoms with Crippen LogP contribution >= 0.6 is 15.9 Å². The number of esters is 1. The summed E-state index contributed by atoms with van der Waals surface area (Å²) >= 11 is 3.42. The van der Waals surface area contributed by atoms with Crippen LogP contribution in [-0.4, -0.2) is 13.1 Å². The summed E-state index contributed by atoms with van der Waals surface area (Å²) in [6.45, 7) is 1.93. The lowest BCUT2D eigenvalue weighted by Crippen LogP contribution is -2.10. The Hall–Kier alpha value is -0.770. The number of rotatable bonds is 3. The molecule has 4 heteroatoms. The fourth-order valence-corrected chi connectivity index (χ4v) is 3.33. The zero-order valence-electron chi connectivity index (χ0n) is 10.9. The van der Waals surface area contributed by atoms with Crippen molar-refractivity contribution in [1.82, 2.24) is 0 Å². The lowest BCUT2D eigenvalue weighted by atomic mass is 9.84. The van der Waals surface area contributed by atoms with Gasteiger partial charge in [0, 0.05) is 11.1 Å². The van der Waals surface area contributed by atoms with Gasteiger partial charge in [0.1, 0.15) is 0 Å². The minimum atomic E-state index is -0.400. The molecule has 0 unspecified atom stereocenters. The maximum Gasteiger partial charge on any atom is 0.374 e. The molecule has 0 N–H and O–H groups in total. The van der Waals surface area contributed by atoms with Crippen LogP contribution in [0.4, 0.5) is 0 Å². The highest BCUT2D eigenvalue weighted by Crippen LogP contribution is 2.33. The van der Waals surface area contributed by atoms with Crippen molar-refractivity contribution >= 4 is 21.9 Å². The molecular formula is C14H19BrO3. The third-order valence-electron chi connectivity index (χ3n) is 3.81. The Kier molecular flexibility index (Phi) is 4.49. The van der Waals surface area contributed by atoms with Crippen molar-refractivity contribution in [3.8, 4) is 0 Å². The molecule has 0 radical (unpaired) electrons. The topological polar surface area (TPSA) is 39.4 Å². The minimum Gasteiger partial charge on any atom is -0.463 e. The average molecular weight is 315 g/mol. The van der Waals surface area contributed by atoms with E-state index in [0.29, 0.717) is 10.4 Å². The Morgan fingerprint density at radius 2 is 2.06 bits per heavy atom. The zero-order chi connectivity index (χ0) is 13.1. The Labute approximate surface area is 116 Å². The molecule has 1 aliphatic carbocycles. The van der Waals surface area contributed by atoms with Crippen LogP contribution in [0.1, 0.15) is 53.8 Å². The molecule has 0 amide bonds. The van der Waals surface area contributed by atoms with Crippen LogP contribution in [0.2, 0.25) is 0 Å². The summed E-state index contributed by atoms with van der Waals surface area (Å²) in [6, 6.07) is 0. The first-order chi connectivity index (χ1) is 8.63. The van der Waals surface area contributed by atoms with E-state index < -0.39 is 5.97 Å². The molecule has 18 heavy (non-hydrogen) atoms. The van der Waals surface area contributed by atoms with Gasteiger partial charge in [-0.15, -0.1) is 0 Å². The molecule has 0 aliphatic heterocycles. The highest BCUT2D eigenvalue weighted by atomic mass is 79.9. The lowest BCUT2D eigenvalue weighted by molar-refractivity contribution is 0.0562. The van der Waals surface area contributed by atoms with Crippen molar-refractivity contribution in [2.75, 3.05) is 7.11 Å². The molecular weight excluding hydrogens is 296 g/mol. The Morgan fingerprint density at radius 3 is 2.67 bits per heavy atom. The van der Waals surface area contributed by atoms with Crippen LogP contribution in [0.5, 0.6) is 0 Å². The highest BCUT2D eigenvalue weighted by Gasteiger charge is 2.24. The molecule has 0 saturated heterocycles. The normalized spacial score (nSPS) is 16.8. The second-order valence-corrected chi connectivity index (χ2v) is 5.73. The molecule has 1 aliphatic rings. The maximum atomic E-state index is 11.6. The Morgan fingerprint density at radius 1 is 1.39 bits per heavy atom. The summed E-state index contributed by atoms with van der Waals surface area (Å²) in [5.74, 6) is 0.648. The van der Waals surface area contributed by atoms with E-state index >= 15 is 0 Å². The molecule has 0 spiro atoms. The van der Waals surface area contributed by atoms with Gasteiger partial charge >= 0.3 is 5.97 Å². The van der Waals surface area contributed by atoms with Crippen molar-refractivity contribution in [3.05, 3.63) is 21.6 Å². The van der Waals surface area contributed by atoms with Gasteiger partial charge in [0.25, 0.3) is 0 Å². The summed E-state index contributed by atoms with van der Waals surface area (Å²) in [5.41, 5.74) is 2.04. The molecule has 1 aromatic heterocycles. The van der Waals surface area contributed by atoms with Crippen LogP contribution in [0.15, 0.2) is 9.09 Å². The van der Waals surface area contributed by atoms with Crippen molar-refractivity contribution in [1.29, 1.82) is 0 Å². The van der Waals surface area contributed by atoms with E-state index in [-0.39, 0.29) is 0 Å². The molecule has 0 aromatic carbocycles. The van der Waals surface area contributed by atoms with E-state index in [2.05, 4.69) is 15.9 Å². The van der Waals surface area contributed by atoms with Gasteiger partial charge in [-0.25, -0.2) is 4.79 Å². The third-order valence-corrected chi connectivity index (χ3v) is 4.45. The molecule has 2 rings (SSSR count). The fraction of sp³-hybridized carbons (Fsp3) is 0.643. The second kappa shape index (κ2) is 5.91. The summed E-state index contributed by atoms with van der Waals surface area (Å²) in [7, 11) is 1.37. The van der Waals surface area contributed by atoms with Gasteiger partial charge in [0.15, 0.2) is 4.67 Å². The van der Waals surface area contributed by atoms with Crippen LogP contribution in [0.3, 0.4) is 0 Å². The molecule has 3 nitrogen and oxygen atoms in total. The number of furan rings is 1. The SMILES string of the molecule is COC(=O)c1oc(Br)c(CC2CCCCC2)c1C. The van der Waals surface area contributed by atoms with Crippen molar-refractivity contribution in [2.45, 2.75) is 45.4 Å². The monoisotopic (exact) mass is 314 g/mol. The van der Waals surface area contributed by atoms with E-state index in [9.17, 15) is 4.79 Å². The first-order valence-corrected chi connectivity index (χ1v) is 7.29. The van der Waals surface area contributed by atoms with E-state index in [0.717, 1.165) is 23.5 Å². The van der Waals surface area contributed by atoms with Crippen molar-refractivity contribution in [2.24, 2.45) is 5.92 Å². The van der Waals surface area contributed by atoms with E-state index in [4.69, 9.17) is 9.15 Å². The summed E-state index contributed by atoms with van der Waals surface area (Å²) in [5, 5.41) is 0. The van der Waals surface area contributed by atoms with Gasteiger partial charge < -0.3 is 9.15 Å². The predicted molar refractivity (Wildman–Crippen MR) is 72.8 cm³/mol. The standard InChI is InChI=1S/C14H19BrO3/c1-9-11(8-10-6-4-3-5-7-10)13(15)18-12(9)14(16)17-2/h10H,3-8H2,1-2H3. The number of hydrogen-bond donors (Lipinski definition) is 0. The third kappa shape index (κ3) is 2.79. The van der Waals surface area contributed by atoms with Gasteiger partial charge in [0.2, 0.25) is 5.76 Å². The summed E-state index contributed by atoms with van der Waals surface area (Å²) < 4.78 is 10.9. The van der Waals surface area contributed by atoms with Gasteiger partial charge in [-0.2, -0.15) is 0 Å². The number of halogens is 1. The molecule has 1 heterocycles. The Bertz CT molecular complexity index is 430. The van der Waals surface area contributed by atoms with Gasteiger partial charge in [-0.05, 0) is 35.2 Å². The lowest BCUT2D eigenvalue weighted by Gasteiger charge is -2.21. The summed E-state index contributed by atoms with van der Waals surface area (Å²) in [6.07, 6.45) is 7.56. The molecule has 0 atom stereocenters. The van der Waals surface area contributed by atoms with Crippen LogP contribution in [-0.2, 0) is 11.2 Å². The smallest absolute Gasteiger partial charge is 0.374 e. The van der Waals surface area contributed by atoms with Gasteiger partial charge in [-0.3, -0.25) is 0 Å². The molecule has 1 fully saturated rings. The first kappa shape index (κ1) is 13.7. The molecule has 1 aromatic rings. The van der Waals surface area contributed by atoms with Crippen molar-refractivity contribution in [3.63, 3.8) is 0 Å². The number of carbonyl (C=O) groups excluding carboxylic acids is 1. The summed E-state index contributed by atoms with van der Waals surface area (Å²) in [4.78, 5) is 11.6. The quantitative estimate of drug-likeness (QED) is 0.782. The van der Waals surface area contributed by atoms with E-state index in [1.807, 2.05) is 6.92 Å². The van der Waals surface area contributed by atoms with Crippen LogP contribution in [0.25, 0.3) is 0 Å². The second-order valence-electron chi connectivity index (χ2n) is 5.01. The highest BCUT2D eigenvalue weighted by molar-refractivity contribution is 9.10.